The molecule has 0 aromatic heterocycles. The number of carbonyl (C=O) groups excluding carboxylic acids is 2. The molecule has 0 spiro atoms. The summed E-state index contributed by atoms with van der Waals surface area (Å²) in [5.74, 6) is -1.35. The van der Waals surface area contributed by atoms with Crippen molar-refractivity contribution in [2.75, 3.05) is 19.5 Å². The number of anilines is 1. The van der Waals surface area contributed by atoms with Gasteiger partial charge in [0.2, 0.25) is 0 Å². The minimum Gasteiger partial charge on any atom is -0.466 e. The molecule has 0 saturated carbocycles. The fraction of sp³-hybridized carbons (Fsp3) is 0.231. The van der Waals surface area contributed by atoms with Gasteiger partial charge >= 0.3 is 11.9 Å². The normalized spacial score (nSPS) is 10.9. The topological polar surface area (TPSA) is 64.6 Å². The van der Waals surface area contributed by atoms with Gasteiger partial charge in [-0.1, -0.05) is 11.6 Å². The van der Waals surface area contributed by atoms with Gasteiger partial charge in [-0.05, 0) is 40.5 Å². The third-order valence-electron chi connectivity index (χ3n) is 2.38. The molecule has 108 valence electrons. The minimum atomic E-state index is -0.684. The zero-order valence-electron chi connectivity index (χ0n) is 11.1. The van der Waals surface area contributed by atoms with Gasteiger partial charge in [0.05, 0.1) is 26.0 Å². The molecule has 20 heavy (non-hydrogen) atoms. The van der Waals surface area contributed by atoms with Gasteiger partial charge in [0, 0.05) is 9.50 Å². The number of carbonyl (C=O) groups is 2. The van der Waals surface area contributed by atoms with Gasteiger partial charge in [-0.25, -0.2) is 9.59 Å². The van der Waals surface area contributed by atoms with Crippen LogP contribution in [0.15, 0.2) is 28.4 Å². The van der Waals surface area contributed by atoms with Gasteiger partial charge in [0.15, 0.2) is 0 Å². The maximum absolute atomic E-state index is 11.7. The Labute approximate surface area is 130 Å². The molecule has 1 rings (SSSR count). The molecule has 0 fully saturated rings. The SMILES string of the molecule is COC(=O)/C=C(/Nc1c(C)cc(Cl)cc1Br)C(=O)OC. The molecule has 0 heterocycles. The van der Waals surface area contributed by atoms with Gasteiger partial charge in [0.25, 0.3) is 0 Å². The van der Waals surface area contributed by atoms with E-state index >= 15 is 0 Å². The quantitative estimate of drug-likeness (QED) is 0.659. The minimum absolute atomic E-state index is 0.0366. The maximum atomic E-state index is 11.7. The number of nitrogens with one attached hydrogen (secondary N) is 1. The van der Waals surface area contributed by atoms with Crippen LogP contribution in [0.4, 0.5) is 5.69 Å². The number of ether oxygens (including phenoxy) is 2. The fourth-order valence-electron chi connectivity index (χ4n) is 1.43. The fourth-order valence-corrected chi connectivity index (χ4v) is 2.49. The van der Waals surface area contributed by atoms with E-state index in [0.717, 1.165) is 11.6 Å². The summed E-state index contributed by atoms with van der Waals surface area (Å²) in [5, 5.41) is 3.39. The van der Waals surface area contributed by atoms with Crippen LogP contribution < -0.4 is 5.32 Å². The lowest BCUT2D eigenvalue weighted by Crippen LogP contribution is -2.16. The molecule has 0 bridgehead atoms. The highest BCUT2D eigenvalue weighted by molar-refractivity contribution is 9.10. The molecular weight excluding hydrogens is 350 g/mol. The Morgan fingerprint density at radius 1 is 1.30 bits per heavy atom. The van der Waals surface area contributed by atoms with Gasteiger partial charge in [-0.3, -0.25) is 0 Å². The van der Waals surface area contributed by atoms with Crippen molar-refractivity contribution in [1.29, 1.82) is 0 Å². The summed E-state index contributed by atoms with van der Waals surface area (Å²) >= 11 is 9.26. The molecule has 0 atom stereocenters. The van der Waals surface area contributed by atoms with Crippen LogP contribution in [-0.4, -0.2) is 26.2 Å². The Morgan fingerprint density at radius 2 is 1.95 bits per heavy atom. The van der Waals surface area contributed by atoms with E-state index in [4.69, 9.17) is 11.6 Å². The first-order valence-corrected chi connectivity index (χ1v) is 6.66. The van der Waals surface area contributed by atoms with Crippen molar-refractivity contribution >= 4 is 45.2 Å². The first kappa shape index (κ1) is 16.5. The lowest BCUT2D eigenvalue weighted by molar-refractivity contribution is -0.138. The van der Waals surface area contributed by atoms with Gasteiger partial charge in [-0.2, -0.15) is 0 Å². The molecule has 1 aromatic rings. The zero-order chi connectivity index (χ0) is 15.3. The molecule has 0 saturated heterocycles. The van der Waals surface area contributed by atoms with Gasteiger partial charge < -0.3 is 14.8 Å². The largest absolute Gasteiger partial charge is 0.466 e. The Morgan fingerprint density at radius 3 is 2.45 bits per heavy atom. The van der Waals surface area contributed by atoms with Crippen molar-refractivity contribution in [1.82, 2.24) is 0 Å². The van der Waals surface area contributed by atoms with E-state index < -0.39 is 11.9 Å². The monoisotopic (exact) mass is 361 g/mol. The molecule has 5 nitrogen and oxygen atoms in total. The highest BCUT2D eigenvalue weighted by Crippen LogP contribution is 2.31. The van der Waals surface area contributed by atoms with Crippen LogP contribution >= 0.6 is 27.5 Å². The summed E-state index contributed by atoms with van der Waals surface area (Å²) in [6.45, 7) is 1.81. The van der Waals surface area contributed by atoms with Crippen molar-refractivity contribution in [3.63, 3.8) is 0 Å². The Bertz CT molecular complexity index is 548. The van der Waals surface area contributed by atoms with Crippen LogP contribution in [0, 0.1) is 6.92 Å². The number of esters is 2. The Kier molecular flexibility index (Phi) is 6.04. The number of methoxy groups -OCH3 is 2. The van der Waals surface area contributed by atoms with Crippen molar-refractivity contribution in [3.05, 3.63) is 39.0 Å². The highest BCUT2D eigenvalue weighted by atomic mass is 79.9. The van der Waals surface area contributed by atoms with Crippen LogP contribution in [0.2, 0.25) is 5.02 Å². The summed E-state index contributed by atoms with van der Waals surface area (Å²) in [6.07, 6.45) is 1.02. The van der Waals surface area contributed by atoms with Crippen LogP contribution in [-0.2, 0) is 19.1 Å². The third-order valence-corrected chi connectivity index (χ3v) is 3.22. The van der Waals surface area contributed by atoms with Crippen LogP contribution in [0.25, 0.3) is 0 Å². The predicted molar refractivity (Wildman–Crippen MR) is 79.6 cm³/mol. The molecule has 1 N–H and O–H groups in total. The van der Waals surface area contributed by atoms with Crippen molar-refractivity contribution < 1.29 is 19.1 Å². The lowest BCUT2D eigenvalue weighted by atomic mass is 10.2. The molecule has 0 unspecified atom stereocenters. The number of hydrogen-bond donors (Lipinski definition) is 1. The summed E-state index contributed by atoms with van der Waals surface area (Å²) in [4.78, 5) is 22.9. The number of rotatable bonds is 4. The van der Waals surface area contributed by atoms with E-state index in [9.17, 15) is 9.59 Å². The van der Waals surface area contributed by atoms with E-state index in [-0.39, 0.29) is 5.70 Å². The van der Waals surface area contributed by atoms with Crippen LogP contribution in [0.1, 0.15) is 5.56 Å². The van der Waals surface area contributed by atoms with Crippen molar-refractivity contribution in [2.24, 2.45) is 0 Å². The number of halogens is 2. The summed E-state index contributed by atoms with van der Waals surface area (Å²) in [5.41, 5.74) is 1.37. The Balaban J connectivity index is 3.17. The molecule has 1 aromatic carbocycles. The third kappa shape index (κ3) is 4.25. The average molecular weight is 363 g/mol. The second kappa shape index (κ2) is 7.31. The maximum Gasteiger partial charge on any atom is 0.354 e. The second-order valence-electron chi connectivity index (χ2n) is 3.78. The predicted octanol–water partition coefficient (Wildman–Crippen LogP) is 3.05. The summed E-state index contributed by atoms with van der Waals surface area (Å²) in [7, 11) is 2.44. The summed E-state index contributed by atoms with van der Waals surface area (Å²) < 4.78 is 9.77. The molecule has 0 radical (unpaired) electrons. The smallest absolute Gasteiger partial charge is 0.354 e. The molecule has 0 aliphatic heterocycles. The van der Waals surface area contributed by atoms with Crippen LogP contribution in [0.3, 0.4) is 0 Å². The lowest BCUT2D eigenvalue weighted by Gasteiger charge is -2.13. The molecule has 0 aliphatic rings. The Hall–Kier alpha value is -1.53. The molecule has 7 heteroatoms. The van der Waals surface area contributed by atoms with Crippen molar-refractivity contribution in [3.8, 4) is 0 Å². The number of aryl methyl sites for hydroxylation is 1. The van der Waals surface area contributed by atoms with E-state index in [1.165, 1.54) is 14.2 Å². The highest BCUT2D eigenvalue weighted by Gasteiger charge is 2.15. The molecule has 0 amide bonds. The molecular formula is C13H13BrClNO4. The van der Waals surface area contributed by atoms with Crippen LogP contribution in [0.5, 0.6) is 0 Å². The molecule has 0 aliphatic carbocycles. The average Bonchev–Trinajstić information content (AvgIpc) is 2.40. The van der Waals surface area contributed by atoms with E-state index in [0.29, 0.717) is 15.2 Å². The second-order valence-corrected chi connectivity index (χ2v) is 5.07. The number of benzene rings is 1. The van der Waals surface area contributed by atoms with Gasteiger partial charge in [-0.15, -0.1) is 0 Å². The zero-order valence-corrected chi connectivity index (χ0v) is 13.5. The first-order chi connectivity index (χ1) is 9.38. The van der Waals surface area contributed by atoms with E-state index in [1.807, 2.05) is 6.92 Å². The van der Waals surface area contributed by atoms with E-state index in [1.54, 1.807) is 12.1 Å². The van der Waals surface area contributed by atoms with Gasteiger partial charge in [0.1, 0.15) is 5.70 Å². The number of hydrogen-bond acceptors (Lipinski definition) is 5. The van der Waals surface area contributed by atoms with E-state index in [2.05, 4.69) is 30.7 Å². The first-order valence-electron chi connectivity index (χ1n) is 5.49. The summed E-state index contributed by atoms with van der Waals surface area (Å²) in [6, 6.07) is 3.39. The standard InChI is InChI=1S/C13H13BrClNO4/c1-7-4-8(15)5-9(14)12(7)16-10(13(18)20-3)6-11(17)19-2/h4-6,16H,1-3H3/b10-6+. The van der Waals surface area contributed by atoms with Crippen molar-refractivity contribution in [2.45, 2.75) is 6.92 Å².